The number of hydrogen-bond donors (Lipinski definition) is 2. The van der Waals surface area contributed by atoms with Gasteiger partial charge in [0, 0.05) is 6.54 Å². The lowest BCUT2D eigenvalue weighted by atomic mass is 10.3. The summed E-state index contributed by atoms with van der Waals surface area (Å²) in [7, 11) is 0. The highest BCUT2D eigenvalue weighted by Gasteiger charge is 2.11. The molecule has 96 valence electrons. The molecule has 2 rings (SSSR count). The second-order valence-electron chi connectivity index (χ2n) is 3.61. The van der Waals surface area contributed by atoms with E-state index in [2.05, 4.69) is 15.6 Å². The molecule has 0 unspecified atom stereocenters. The van der Waals surface area contributed by atoms with Crippen LogP contribution in [0.3, 0.4) is 0 Å². The summed E-state index contributed by atoms with van der Waals surface area (Å²) in [5, 5.41) is 6.83. The number of carbonyl (C=O) groups is 1. The predicted octanol–water partition coefficient (Wildman–Crippen LogP) is 4.13. The Morgan fingerprint density at radius 3 is 2.94 bits per heavy atom. The normalized spacial score (nSPS) is 10.6. The van der Waals surface area contributed by atoms with Crippen LogP contribution in [0.15, 0.2) is 12.1 Å². The van der Waals surface area contributed by atoms with Gasteiger partial charge in [0.05, 0.1) is 20.3 Å². The van der Waals surface area contributed by atoms with Crippen molar-refractivity contribution in [2.45, 2.75) is 13.3 Å². The van der Waals surface area contributed by atoms with Gasteiger partial charge >= 0.3 is 6.03 Å². The van der Waals surface area contributed by atoms with E-state index in [0.29, 0.717) is 21.7 Å². The Hall–Kier alpha value is -1.04. The molecule has 0 spiro atoms. The van der Waals surface area contributed by atoms with E-state index in [-0.39, 0.29) is 6.03 Å². The predicted molar refractivity (Wildman–Crippen MR) is 77.0 cm³/mol. The number of nitrogens with one attached hydrogen (secondary N) is 2. The van der Waals surface area contributed by atoms with Crippen molar-refractivity contribution in [3.05, 3.63) is 22.2 Å². The smallest absolute Gasteiger partial charge is 0.321 e. The average Bonchev–Trinajstić information content (AvgIpc) is 2.75. The van der Waals surface area contributed by atoms with Crippen LogP contribution in [0.1, 0.15) is 13.3 Å². The summed E-state index contributed by atoms with van der Waals surface area (Å²) < 4.78 is 0.773. The first-order chi connectivity index (χ1) is 8.61. The van der Waals surface area contributed by atoms with Gasteiger partial charge in [-0.2, -0.15) is 0 Å². The fraction of sp³-hybridized carbons (Fsp3) is 0.273. The van der Waals surface area contributed by atoms with Crippen LogP contribution in [0.25, 0.3) is 10.2 Å². The number of fused-ring (bicyclic) bond motifs is 1. The van der Waals surface area contributed by atoms with Crippen LogP contribution < -0.4 is 10.6 Å². The summed E-state index contributed by atoms with van der Waals surface area (Å²) in [6, 6.07) is 3.19. The molecule has 2 amide bonds. The topological polar surface area (TPSA) is 54.0 Å². The highest BCUT2D eigenvalue weighted by molar-refractivity contribution is 7.23. The Morgan fingerprint density at radius 2 is 2.22 bits per heavy atom. The van der Waals surface area contributed by atoms with Crippen molar-refractivity contribution < 1.29 is 4.79 Å². The van der Waals surface area contributed by atoms with Crippen molar-refractivity contribution in [1.82, 2.24) is 10.3 Å². The molecule has 0 radical (unpaired) electrons. The van der Waals surface area contributed by atoms with Crippen LogP contribution >= 0.6 is 34.5 Å². The van der Waals surface area contributed by atoms with E-state index in [1.54, 1.807) is 12.1 Å². The molecule has 0 aliphatic rings. The van der Waals surface area contributed by atoms with E-state index in [9.17, 15) is 4.79 Å². The molecule has 0 aliphatic carbocycles. The van der Waals surface area contributed by atoms with E-state index in [0.717, 1.165) is 16.6 Å². The Kier molecular flexibility index (Phi) is 4.27. The molecular weight excluding hydrogens is 293 g/mol. The molecule has 2 aromatic rings. The van der Waals surface area contributed by atoms with E-state index >= 15 is 0 Å². The van der Waals surface area contributed by atoms with Crippen LogP contribution in [0.2, 0.25) is 10.0 Å². The maximum Gasteiger partial charge on any atom is 0.321 e. The van der Waals surface area contributed by atoms with Crippen LogP contribution in [0.4, 0.5) is 9.93 Å². The van der Waals surface area contributed by atoms with E-state index in [4.69, 9.17) is 23.2 Å². The summed E-state index contributed by atoms with van der Waals surface area (Å²) in [5.74, 6) is 0. The molecule has 0 atom stereocenters. The maximum absolute atomic E-state index is 11.5. The number of urea groups is 1. The zero-order valence-corrected chi connectivity index (χ0v) is 11.9. The van der Waals surface area contributed by atoms with Gasteiger partial charge in [-0.1, -0.05) is 41.5 Å². The lowest BCUT2D eigenvalue weighted by Crippen LogP contribution is -2.29. The molecule has 4 nitrogen and oxygen atoms in total. The number of benzene rings is 1. The number of hydrogen-bond acceptors (Lipinski definition) is 3. The molecule has 0 bridgehead atoms. The maximum atomic E-state index is 11.5. The summed E-state index contributed by atoms with van der Waals surface area (Å²) in [4.78, 5) is 15.8. The second kappa shape index (κ2) is 5.73. The molecule has 1 aromatic carbocycles. The monoisotopic (exact) mass is 303 g/mol. The average molecular weight is 304 g/mol. The standard InChI is InChI=1S/C11H11Cl2N3OS/c1-2-5-14-10(17)16-11-15-7-4-3-6(12)8(13)9(7)18-11/h3-4H,2,5H2,1H3,(H2,14,15,16,17). The number of anilines is 1. The highest BCUT2D eigenvalue weighted by atomic mass is 35.5. The number of halogens is 2. The molecule has 1 aromatic heterocycles. The van der Waals surface area contributed by atoms with Crippen molar-refractivity contribution >= 4 is 55.9 Å². The van der Waals surface area contributed by atoms with Gasteiger partial charge in [0.1, 0.15) is 0 Å². The molecule has 0 fully saturated rings. The van der Waals surface area contributed by atoms with Gasteiger partial charge in [0.15, 0.2) is 5.13 Å². The minimum absolute atomic E-state index is 0.266. The van der Waals surface area contributed by atoms with Crippen molar-refractivity contribution in [3.63, 3.8) is 0 Å². The molecule has 0 saturated heterocycles. The van der Waals surface area contributed by atoms with Crippen molar-refractivity contribution in [1.29, 1.82) is 0 Å². The molecular formula is C11H11Cl2N3OS. The number of thiazole rings is 1. The molecule has 2 N–H and O–H groups in total. The third-order valence-corrected chi connectivity index (χ3v) is 4.13. The minimum Gasteiger partial charge on any atom is -0.338 e. The number of carbonyl (C=O) groups excluding carboxylic acids is 1. The number of aromatic nitrogens is 1. The Bertz CT molecular complexity index is 585. The number of amides is 2. The first-order valence-electron chi connectivity index (χ1n) is 5.41. The van der Waals surface area contributed by atoms with Gasteiger partial charge in [0.25, 0.3) is 0 Å². The van der Waals surface area contributed by atoms with Crippen LogP contribution in [0, 0.1) is 0 Å². The van der Waals surface area contributed by atoms with Gasteiger partial charge in [-0.25, -0.2) is 9.78 Å². The Labute approximate surface area is 118 Å². The van der Waals surface area contributed by atoms with E-state index < -0.39 is 0 Å². The molecule has 0 aliphatic heterocycles. The van der Waals surface area contributed by atoms with Crippen molar-refractivity contribution in [2.75, 3.05) is 11.9 Å². The Morgan fingerprint density at radius 1 is 1.44 bits per heavy atom. The van der Waals surface area contributed by atoms with Gasteiger partial charge in [-0.05, 0) is 18.6 Å². The summed E-state index contributed by atoms with van der Waals surface area (Å²) in [6.07, 6.45) is 0.884. The van der Waals surface area contributed by atoms with E-state index in [1.807, 2.05) is 6.92 Å². The van der Waals surface area contributed by atoms with Crippen molar-refractivity contribution in [3.8, 4) is 0 Å². The third kappa shape index (κ3) is 2.85. The fourth-order valence-electron chi connectivity index (χ4n) is 1.37. The van der Waals surface area contributed by atoms with Gasteiger partial charge in [-0.3, -0.25) is 5.32 Å². The summed E-state index contributed by atoms with van der Waals surface area (Å²) in [6.45, 7) is 2.61. The first kappa shape index (κ1) is 13.4. The van der Waals surface area contributed by atoms with Crippen molar-refractivity contribution in [2.24, 2.45) is 0 Å². The van der Waals surface area contributed by atoms with E-state index in [1.165, 1.54) is 11.3 Å². The van der Waals surface area contributed by atoms with Gasteiger partial charge in [0.2, 0.25) is 0 Å². The molecule has 1 heterocycles. The highest BCUT2D eigenvalue weighted by Crippen LogP contribution is 2.36. The lowest BCUT2D eigenvalue weighted by Gasteiger charge is -2.02. The molecule has 18 heavy (non-hydrogen) atoms. The van der Waals surface area contributed by atoms with Crippen LogP contribution in [-0.4, -0.2) is 17.6 Å². The first-order valence-corrected chi connectivity index (χ1v) is 6.98. The lowest BCUT2D eigenvalue weighted by molar-refractivity contribution is 0.252. The quantitative estimate of drug-likeness (QED) is 0.895. The summed E-state index contributed by atoms with van der Waals surface area (Å²) in [5.41, 5.74) is 0.722. The molecule has 0 saturated carbocycles. The van der Waals surface area contributed by atoms with Crippen LogP contribution in [-0.2, 0) is 0 Å². The minimum atomic E-state index is -0.266. The SMILES string of the molecule is CCCNC(=O)Nc1nc2ccc(Cl)c(Cl)c2s1. The van der Waals surface area contributed by atoms with Gasteiger partial charge < -0.3 is 5.32 Å². The number of nitrogens with zero attached hydrogens (tertiary/aromatic N) is 1. The fourth-order valence-corrected chi connectivity index (χ4v) is 2.76. The largest absolute Gasteiger partial charge is 0.338 e. The second-order valence-corrected chi connectivity index (χ2v) is 5.39. The Balaban J connectivity index is 2.20. The molecule has 7 heteroatoms. The third-order valence-electron chi connectivity index (χ3n) is 2.21. The number of rotatable bonds is 3. The summed E-state index contributed by atoms with van der Waals surface area (Å²) >= 11 is 13.3. The van der Waals surface area contributed by atoms with Crippen LogP contribution in [0.5, 0.6) is 0 Å². The zero-order valence-electron chi connectivity index (χ0n) is 9.59. The van der Waals surface area contributed by atoms with Gasteiger partial charge in [-0.15, -0.1) is 0 Å². The zero-order chi connectivity index (χ0) is 13.1.